The minimum absolute atomic E-state index is 0.499. The van der Waals surface area contributed by atoms with E-state index in [1.165, 1.54) is 0 Å². The maximum Gasteiger partial charge on any atom is 0.237 e. The van der Waals surface area contributed by atoms with Crippen LogP contribution in [0.3, 0.4) is 0 Å². The minimum atomic E-state index is -3.45. The molecule has 0 radical (unpaired) electrons. The van der Waals surface area contributed by atoms with Gasteiger partial charge in [0.2, 0.25) is 20.0 Å². The molecule has 0 aliphatic rings. The molecule has 0 atom stereocenters. The topological polar surface area (TPSA) is 104 Å². The first kappa shape index (κ1) is 21.0. The van der Waals surface area contributed by atoms with Crippen molar-refractivity contribution in [1.29, 1.82) is 0 Å². The van der Waals surface area contributed by atoms with Crippen molar-refractivity contribution >= 4 is 37.1 Å². The molecule has 0 amide bonds. The van der Waals surface area contributed by atoms with Crippen molar-refractivity contribution in [2.45, 2.75) is 32.1 Å². The van der Waals surface area contributed by atoms with E-state index in [2.05, 4.69) is 14.8 Å². The van der Waals surface area contributed by atoms with Gasteiger partial charge in [0.05, 0.1) is 11.0 Å². The first-order chi connectivity index (χ1) is 12.4. The van der Waals surface area contributed by atoms with E-state index < -0.39 is 24.8 Å². The van der Waals surface area contributed by atoms with Crippen LogP contribution in [-0.4, -0.2) is 27.8 Å². The van der Waals surface area contributed by atoms with E-state index >= 15 is 0 Å². The van der Waals surface area contributed by atoms with Gasteiger partial charge in [-0.05, 0) is 62.7 Å². The first-order valence-electron chi connectivity index (χ1n) is 8.29. The zero-order valence-electron chi connectivity index (χ0n) is 15.8. The third kappa shape index (κ3) is 6.44. The molecule has 0 aliphatic carbocycles. The molecular formula is C18H25N3O4S2. The Hall–Kier alpha value is -2.26. The molecule has 3 N–H and O–H groups in total. The Balaban J connectivity index is 1.95. The van der Waals surface area contributed by atoms with Gasteiger partial charge in [-0.25, -0.2) is 16.8 Å². The van der Waals surface area contributed by atoms with Crippen LogP contribution in [0.25, 0.3) is 0 Å². The molecule has 0 bridgehead atoms. The monoisotopic (exact) mass is 411 g/mol. The van der Waals surface area contributed by atoms with Gasteiger partial charge in [-0.1, -0.05) is 12.1 Å². The van der Waals surface area contributed by atoms with Crippen molar-refractivity contribution in [2.75, 3.05) is 21.0 Å². The quantitative estimate of drug-likeness (QED) is 0.649. The predicted molar refractivity (Wildman–Crippen MR) is 111 cm³/mol. The highest BCUT2D eigenvalue weighted by Gasteiger charge is 2.28. The Labute approximate surface area is 161 Å². The molecule has 7 nitrogen and oxygen atoms in total. The fraction of sp³-hybridized carbons (Fsp3) is 0.333. The molecular weight excluding hydrogens is 386 g/mol. The number of hydrogen-bond acceptors (Lipinski definition) is 5. The number of nitrogens with one attached hydrogen (secondary N) is 3. The van der Waals surface area contributed by atoms with E-state index in [4.69, 9.17) is 0 Å². The summed E-state index contributed by atoms with van der Waals surface area (Å²) in [6.45, 7) is 5.48. The van der Waals surface area contributed by atoms with Crippen molar-refractivity contribution < 1.29 is 16.8 Å². The van der Waals surface area contributed by atoms with Crippen LogP contribution in [0.1, 0.15) is 26.3 Å². The minimum Gasteiger partial charge on any atom is -0.381 e. The molecule has 0 aromatic heterocycles. The summed E-state index contributed by atoms with van der Waals surface area (Å²) in [4.78, 5) is 0. The molecule has 0 saturated carbocycles. The first-order valence-corrected chi connectivity index (χ1v) is 11.7. The van der Waals surface area contributed by atoms with Gasteiger partial charge in [0.1, 0.15) is 0 Å². The third-order valence-electron chi connectivity index (χ3n) is 3.70. The lowest BCUT2D eigenvalue weighted by atomic mass is 10.2. The van der Waals surface area contributed by atoms with Gasteiger partial charge in [0, 0.05) is 23.6 Å². The van der Waals surface area contributed by atoms with Gasteiger partial charge in [0.25, 0.3) is 0 Å². The standard InChI is InChI=1S/C18H25N3O4S2/c1-18(2,3)27(24,25)21-17-7-5-14(6-8-17)13-19-15-9-11-16(12-10-15)20-26(4,22)23/h5-12,19-21H,13H2,1-4H3. The average Bonchev–Trinajstić information content (AvgIpc) is 2.53. The number of anilines is 3. The van der Waals surface area contributed by atoms with E-state index in [1.807, 2.05) is 12.1 Å². The Morgan fingerprint density at radius 1 is 0.741 bits per heavy atom. The summed E-state index contributed by atoms with van der Waals surface area (Å²) < 4.78 is 50.8. The van der Waals surface area contributed by atoms with Crippen molar-refractivity contribution in [3.05, 3.63) is 54.1 Å². The van der Waals surface area contributed by atoms with Crippen LogP contribution in [0.2, 0.25) is 0 Å². The van der Waals surface area contributed by atoms with Crippen molar-refractivity contribution in [1.82, 2.24) is 0 Å². The van der Waals surface area contributed by atoms with E-state index in [1.54, 1.807) is 57.2 Å². The Morgan fingerprint density at radius 2 is 1.19 bits per heavy atom. The van der Waals surface area contributed by atoms with E-state index in [-0.39, 0.29) is 0 Å². The highest BCUT2D eigenvalue weighted by Crippen LogP contribution is 2.20. The molecule has 27 heavy (non-hydrogen) atoms. The van der Waals surface area contributed by atoms with Crippen LogP contribution in [-0.2, 0) is 26.6 Å². The van der Waals surface area contributed by atoms with Gasteiger partial charge in [-0.2, -0.15) is 0 Å². The van der Waals surface area contributed by atoms with Crippen LogP contribution in [0.15, 0.2) is 48.5 Å². The maximum absolute atomic E-state index is 12.2. The van der Waals surface area contributed by atoms with Crippen LogP contribution < -0.4 is 14.8 Å². The summed E-state index contributed by atoms with van der Waals surface area (Å²) in [5.41, 5.74) is 2.84. The molecule has 0 fully saturated rings. The predicted octanol–water partition coefficient (Wildman–Crippen LogP) is 3.21. The second-order valence-electron chi connectivity index (χ2n) is 7.22. The number of benzene rings is 2. The summed E-state index contributed by atoms with van der Waals surface area (Å²) in [7, 11) is -6.74. The number of rotatable bonds is 7. The van der Waals surface area contributed by atoms with Crippen LogP contribution in [0.4, 0.5) is 17.1 Å². The van der Waals surface area contributed by atoms with Crippen LogP contribution in [0, 0.1) is 0 Å². The average molecular weight is 412 g/mol. The van der Waals surface area contributed by atoms with E-state index in [0.29, 0.717) is 17.9 Å². The van der Waals surface area contributed by atoms with Gasteiger partial charge in [0.15, 0.2) is 0 Å². The second-order valence-corrected chi connectivity index (χ2v) is 11.4. The highest BCUT2D eigenvalue weighted by atomic mass is 32.2. The van der Waals surface area contributed by atoms with Gasteiger partial charge in [-0.3, -0.25) is 9.44 Å². The lowest BCUT2D eigenvalue weighted by molar-refractivity contribution is 0.566. The summed E-state index contributed by atoms with van der Waals surface area (Å²) in [5.74, 6) is 0. The molecule has 2 rings (SSSR count). The third-order valence-corrected chi connectivity index (χ3v) is 6.42. The summed E-state index contributed by atoms with van der Waals surface area (Å²) in [6, 6.07) is 14.0. The van der Waals surface area contributed by atoms with Crippen LogP contribution in [0.5, 0.6) is 0 Å². The fourth-order valence-corrected chi connectivity index (χ4v) is 3.39. The molecule has 0 heterocycles. The Bertz CT molecular complexity index is 976. The highest BCUT2D eigenvalue weighted by molar-refractivity contribution is 7.94. The normalized spacial score (nSPS) is 12.4. The van der Waals surface area contributed by atoms with Crippen molar-refractivity contribution in [3.63, 3.8) is 0 Å². The van der Waals surface area contributed by atoms with E-state index in [0.717, 1.165) is 17.5 Å². The molecule has 0 aliphatic heterocycles. The Kier molecular flexibility index (Phi) is 6.06. The van der Waals surface area contributed by atoms with Crippen LogP contribution >= 0.6 is 0 Å². The van der Waals surface area contributed by atoms with Gasteiger partial charge >= 0.3 is 0 Å². The molecule has 148 valence electrons. The van der Waals surface area contributed by atoms with Gasteiger partial charge in [-0.15, -0.1) is 0 Å². The largest absolute Gasteiger partial charge is 0.381 e. The molecule has 9 heteroatoms. The SMILES string of the molecule is CC(C)(C)S(=O)(=O)Nc1ccc(CNc2ccc(NS(C)(=O)=O)cc2)cc1. The Morgan fingerprint density at radius 3 is 1.67 bits per heavy atom. The molecule has 2 aromatic rings. The van der Waals surface area contributed by atoms with Crippen molar-refractivity contribution in [2.24, 2.45) is 0 Å². The molecule has 0 spiro atoms. The fourth-order valence-electron chi connectivity index (χ4n) is 2.07. The number of hydrogen-bond donors (Lipinski definition) is 3. The zero-order chi connectivity index (χ0) is 20.3. The van der Waals surface area contributed by atoms with Crippen molar-refractivity contribution in [3.8, 4) is 0 Å². The molecule has 0 saturated heterocycles. The van der Waals surface area contributed by atoms with E-state index in [9.17, 15) is 16.8 Å². The smallest absolute Gasteiger partial charge is 0.237 e. The lowest BCUT2D eigenvalue weighted by Gasteiger charge is -2.20. The second kappa shape index (κ2) is 7.77. The number of sulfonamides is 2. The lowest BCUT2D eigenvalue weighted by Crippen LogP contribution is -2.33. The summed E-state index contributed by atoms with van der Waals surface area (Å²) in [6.07, 6.45) is 1.10. The summed E-state index contributed by atoms with van der Waals surface area (Å²) in [5, 5.41) is 3.23. The zero-order valence-corrected chi connectivity index (χ0v) is 17.4. The molecule has 2 aromatic carbocycles. The maximum atomic E-state index is 12.2. The summed E-state index contributed by atoms with van der Waals surface area (Å²) >= 11 is 0. The van der Waals surface area contributed by atoms with Gasteiger partial charge < -0.3 is 5.32 Å². The molecule has 0 unspecified atom stereocenters.